The van der Waals surface area contributed by atoms with E-state index in [0.29, 0.717) is 29.0 Å². The molecule has 0 saturated heterocycles. The van der Waals surface area contributed by atoms with E-state index >= 15 is 0 Å². The number of thiocarbonyl (C=S) groups is 1. The third-order valence-electron chi connectivity index (χ3n) is 5.96. The Morgan fingerprint density at radius 2 is 1.65 bits per heavy atom. The molecule has 0 bridgehead atoms. The standard InChI is InChI=1S/C27H29FN2O3S/c1-17-11-18(2)13-21(12-17)29-27(34)30-10-9-19-14-25(31-3)26(32-4)15-23(19)24(30)16-33-22-7-5-20(28)6-8-22/h5-8,11-15,24H,9-10,16H2,1-4H3,(H,29,34)/t24-/m1/s1. The Morgan fingerprint density at radius 3 is 2.29 bits per heavy atom. The van der Waals surface area contributed by atoms with Crippen LogP contribution in [0, 0.1) is 19.7 Å². The van der Waals surface area contributed by atoms with Crippen molar-refractivity contribution in [2.45, 2.75) is 26.3 Å². The Bertz CT molecular complexity index is 1160. The predicted octanol–water partition coefficient (Wildman–Crippen LogP) is 5.83. The number of anilines is 1. The Hall–Kier alpha value is -3.32. The predicted molar refractivity (Wildman–Crippen MR) is 137 cm³/mol. The molecule has 3 aromatic rings. The zero-order valence-electron chi connectivity index (χ0n) is 19.9. The molecule has 0 aromatic heterocycles. The molecule has 1 atom stereocenters. The molecule has 1 heterocycles. The van der Waals surface area contributed by atoms with Gasteiger partial charge in [-0.05, 0) is 103 Å². The second kappa shape index (κ2) is 10.3. The number of nitrogens with one attached hydrogen (secondary N) is 1. The van der Waals surface area contributed by atoms with Crippen LogP contribution in [0.5, 0.6) is 17.2 Å². The number of halogens is 1. The maximum atomic E-state index is 13.4. The van der Waals surface area contributed by atoms with Gasteiger partial charge in [-0.2, -0.15) is 0 Å². The quantitative estimate of drug-likeness (QED) is 0.448. The van der Waals surface area contributed by atoms with E-state index < -0.39 is 0 Å². The fourth-order valence-electron chi connectivity index (χ4n) is 4.40. The lowest BCUT2D eigenvalue weighted by atomic mass is 9.92. The zero-order chi connectivity index (χ0) is 24.2. The van der Waals surface area contributed by atoms with Gasteiger partial charge >= 0.3 is 0 Å². The highest BCUT2D eigenvalue weighted by atomic mass is 32.1. The van der Waals surface area contributed by atoms with Crippen LogP contribution in [0.25, 0.3) is 0 Å². The van der Waals surface area contributed by atoms with Crippen LogP contribution in [0.4, 0.5) is 10.1 Å². The number of benzene rings is 3. The van der Waals surface area contributed by atoms with Crippen LogP contribution in [-0.4, -0.2) is 37.4 Å². The summed E-state index contributed by atoms with van der Waals surface area (Å²) in [6, 6.07) is 16.2. The second-order valence-corrected chi connectivity index (χ2v) is 8.82. The van der Waals surface area contributed by atoms with Crippen molar-refractivity contribution in [3.05, 3.63) is 82.7 Å². The maximum Gasteiger partial charge on any atom is 0.174 e. The summed E-state index contributed by atoms with van der Waals surface area (Å²) in [5.74, 6) is 1.65. The lowest BCUT2D eigenvalue weighted by Gasteiger charge is -2.39. The van der Waals surface area contributed by atoms with Gasteiger partial charge < -0.3 is 24.4 Å². The highest BCUT2D eigenvalue weighted by Gasteiger charge is 2.31. The van der Waals surface area contributed by atoms with Crippen LogP contribution < -0.4 is 19.5 Å². The fraction of sp³-hybridized carbons (Fsp3) is 0.296. The molecule has 0 unspecified atom stereocenters. The molecule has 0 spiro atoms. The molecule has 0 aliphatic carbocycles. The van der Waals surface area contributed by atoms with E-state index in [1.54, 1.807) is 26.4 Å². The van der Waals surface area contributed by atoms with Gasteiger partial charge in [-0.3, -0.25) is 0 Å². The van der Waals surface area contributed by atoms with Gasteiger partial charge in [0.05, 0.1) is 20.3 Å². The normalized spacial score (nSPS) is 14.9. The number of fused-ring (bicyclic) bond motifs is 1. The summed E-state index contributed by atoms with van der Waals surface area (Å²) in [5, 5.41) is 4.03. The van der Waals surface area contributed by atoms with Crippen LogP contribution in [0.1, 0.15) is 28.3 Å². The molecule has 0 saturated carbocycles. The van der Waals surface area contributed by atoms with Gasteiger partial charge in [-0.1, -0.05) is 6.07 Å². The van der Waals surface area contributed by atoms with Gasteiger partial charge in [0.25, 0.3) is 0 Å². The number of hydrogen-bond acceptors (Lipinski definition) is 4. The van der Waals surface area contributed by atoms with E-state index in [4.69, 9.17) is 26.4 Å². The SMILES string of the molecule is COc1cc2c(cc1OC)[C@@H](COc1ccc(F)cc1)N(C(=S)Nc1cc(C)cc(C)c1)CC2. The average Bonchev–Trinajstić information content (AvgIpc) is 2.81. The van der Waals surface area contributed by atoms with E-state index in [2.05, 4.69) is 42.3 Å². The summed E-state index contributed by atoms with van der Waals surface area (Å²) in [6.45, 7) is 5.19. The van der Waals surface area contributed by atoms with Crippen LogP contribution in [0.2, 0.25) is 0 Å². The maximum absolute atomic E-state index is 13.4. The molecule has 0 radical (unpaired) electrons. The summed E-state index contributed by atoms with van der Waals surface area (Å²) in [5.41, 5.74) is 5.52. The number of ether oxygens (including phenoxy) is 3. The van der Waals surface area contributed by atoms with Crippen LogP contribution in [-0.2, 0) is 6.42 Å². The van der Waals surface area contributed by atoms with E-state index in [-0.39, 0.29) is 11.9 Å². The summed E-state index contributed by atoms with van der Waals surface area (Å²) in [4.78, 5) is 2.14. The molecule has 3 aromatic carbocycles. The van der Waals surface area contributed by atoms with Gasteiger partial charge in [0, 0.05) is 12.2 Å². The van der Waals surface area contributed by atoms with E-state index in [1.165, 1.54) is 23.3 Å². The monoisotopic (exact) mass is 480 g/mol. The van der Waals surface area contributed by atoms with Gasteiger partial charge in [0.15, 0.2) is 16.6 Å². The highest BCUT2D eigenvalue weighted by molar-refractivity contribution is 7.80. The van der Waals surface area contributed by atoms with E-state index in [0.717, 1.165) is 29.8 Å². The molecule has 0 amide bonds. The smallest absolute Gasteiger partial charge is 0.174 e. The average molecular weight is 481 g/mol. The molecule has 1 aliphatic heterocycles. The summed E-state index contributed by atoms with van der Waals surface area (Å²) in [7, 11) is 3.26. The Balaban J connectivity index is 1.65. The van der Waals surface area contributed by atoms with E-state index in [1.807, 2.05) is 12.1 Å². The van der Waals surface area contributed by atoms with Gasteiger partial charge in [0.1, 0.15) is 18.2 Å². The summed E-state index contributed by atoms with van der Waals surface area (Å²) in [6.07, 6.45) is 0.803. The largest absolute Gasteiger partial charge is 0.493 e. The first-order valence-electron chi connectivity index (χ1n) is 11.2. The van der Waals surface area contributed by atoms with Crippen molar-refractivity contribution in [1.29, 1.82) is 0 Å². The minimum atomic E-state index is -0.298. The summed E-state index contributed by atoms with van der Waals surface area (Å²) >= 11 is 5.86. The zero-order valence-corrected chi connectivity index (χ0v) is 20.7. The number of hydrogen-bond donors (Lipinski definition) is 1. The van der Waals surface area contributed by atoms with Crippen molar-refractivity contribution in [3.63, 3.8) is 0 Å². The van der Waals surface area contributed by atoms with Crippen molar-refractivity contribution in [3.8, 4) is 17.2 Å². The Kier molecular flexibility index (Phi) is 7.22. The van der Waals surface area contributed by atoms with Crippen molar-refractivity contribution >= 4 is 23.0 Å². The number of nitrogens with zero attached hydrogens (tertiary/aromatic N) is 1. The first kappa shape index (κ1) is 23.8. The summed E-state index contributed by atoms with van der Waals surface area (Å²) < 4.78 is 30.5. The first-order valence-corrected chi connectivity index (χ1v) is 11.6. The van der Waals surface area contributed by atoms with Crippen molar-refractivity contribution < 1.29 is 18.6 Å². The lowest BCUT2D eigenvalue weighted by molar-refractivity contribution is 0.190. The molecule has 7 heteroatoms. The number of rotatable bonds is 6. The molecule has 4 rings (SSSR count). The van der Waals surface area contributed by atoms with Crippen LogP contribution in [0.15, 0.2) is 54.6 Å². The topological polar surface area (TPSA) is 43.0 Å². The number of methoxy groups -OCH3 is 2. The van der Waals surface area contributed by atoms with Gasteiger partial charge in [-0.15, -0.1) is 0 Å². The van der Waals surface area contributed by atoms with Gasteiger partial charge in [0.2, 0.25) is 0 Å². The fourth-order valence-corrected chi connectivity index (χ4v) is 4.74. The van der Waals surface area contributed by atoms with Gasteiger partial charge in [-0.25, -0.2) is 4.39 Å². The molecular weight excluding hydrogens is 451 g/mol. The molecule has 0 fully saturated rings. The molecule has 1 N–H and O–H groups in total. The molecule has 5 nitrogen and oxygen atoms in total. The Morgan fingerprint density at radius 1 is 1.00 bits per heavy atom. The van der Waals surface area contributed by atoms with Crippen LogP contribution in [0.3, 0.4) is 0 Å². The molecule has 1 aliphatic rings. The van der Waals surface area contributed by atoms with Crippen molar-refractivity contribution in [1.82, 2.24) is 4.90 Å². The minimum absolute atomic E-state index is 0.167. The lowest BCUT2D eigenvalue weighted by Crippen LogP contribution is -2.44. The molecule has 178 valence electrons. The highest BCUT2D eigenvalue weighted by Crippen LogP contribution is 2.38. The molecule has 34 heavy (non-hydrogen) atoms. The van der Waals surface area contributed by atoms with Crippen LogP contribution >= 0.6 is 12.2 Å². The van der Waals surface area contributed by atoms with E-state index in [9.17, 15) is 4.39 Å². The first-order chi connectivity index (χ1) is 16.4. The van der Waals surface area contributed by atoms with Crippen molar-refractivity contribution in [2.75, 3.05) is 32.7 Å². The minimum Gasteiger partial charge on any atom is -0.493 e. The third kappa shape index (κ3) is 5.25. The third-order valence-corrected chi connectivity index (χ3v) is 6.29. The number of aryl methyl sites for hydroxylation is 2. The Labute approximate surface area is 205 Å². The molecular formula is C27H29FN2O3S. The second-order valence-electron chi connectivity index (χ2n) is 8.44. The van der Waals surface area contributed by atoms with Crippen molar-refractivity contribution in [2.24, 2.45) is 0 Å².